The molecule has 1 aliphatic rings. The normalized spacial score (nSPS) is 29.9. The van der Waals surface area contributed by atoms with Crippen molar-refractivity contribution in [2.75, 3.05) is 0 Å². The van der Waals surface area contributed by atoms with E-state index in [1.54, 1.807) is 0 Å². The van der Waals surface area contributed by atoms with Gasteiger partial charge in [-0.15, -0.1) is 0 Å². The second kappa shape index (κ2) is 2.26. The minimum atomic E-state index is 0.376. The third-order valence-corrected chi connectivity index (χ3v) is 2.30. The fraction of sp³-hybridized carbons (Fsp3) is 0.600. The van der Waals surface area contributed by atoms with Crippen molar-refractivity contribution < 1.29 is 0 Å². The Morgan fingerprint density at radius 2 is 2.30 bits per heavy atom. The van der Waals surface area contributed by atoms with Crippen LogP contribution in [0.4, 0.5) is 0 Å². The first-order chi connectivity index (χ1) is 4.56. The maximum Gasteiger partial charge on any atom is -0.0101 e. The summed E-state index contributed by atoms with van der Waals surface area (Å²) in [6.45, 7) is 10.6. The summed E-state index contributed by atoms with van der Waals surface area (Å²) < 4.78 is 0. The SMILES string of the molecule is C=CC1=CC(C)CC1(C)C. The molecule has 0 saturated heterocycles. The molecule has 0 heteroatoms. The molecule has 0 N–H and O–H groups in total. The lowest BCUT2D eigenvalue weighted by Crippen LogP contribution is -2.09. The monoisotopic (exact) mass is 136 g/mol. The molecule has 0 saturated carbocycles. The predicted octanol–water partition coefficient (Wildman–Crippen LogP) is 3.16. The first-order valence-electron chi connectivity index (χ1n) is 3.91. The second-order valence-electron chi connectivity index (χ2n) is 3.89. The highest BCUT2D eigenvalue weighted by Crippen LogP contribution is 2.41. The zero-order valence-corrected chi connectivity index (χ0v) is 7.15. The molecule has 1 rings (SSSR count). The number of rotatable bonds is 1. The Morgan fingerprint density at radius 1 is 1.70 bits per heavy atom. The average molecular weight is 136 g/mol. The lowest BCUT2D eigenvalue weighted by atomic mass is 9.85. The van der Waals surface area contributed by atoms with Crippen molar-refractivity contribution in [3.05, 3.63) is 24.3 Å². The van der Waals surface area contributed by atoms with Crippen LogP contribution in [-0.2, 0) is 0 Å². The Balaban J connectivity index is 2.85. The van der Waals surface area contributed by atoms with E-state index in [0.29, 0.717) is 5.41 Å². The summed E-state index contributed by atoms with van der Waals surface area (Å²) in [4.78, 5) is 0. The van der Waals surface area contributed by atoms with Gasteiger partial charge in [0.05, 0.1) is 0 Å². The second-order valence-corrected chi connectivity index (χ2v) is 3.89. The van der Waals surface area contributed by atoms with E-state index < -0.39 is 0 Å². The van der Waals surface area contributed by atoms with Crippen LogP contribution in [0.3, 0.4) is 0 Å². The number of allylic oxidation sites excluding steroid dienone is 3. The smallest absolute Gasteiger partial charge is 0.0101 e. The summed E-state index contributed by atoms with van der Waals surface area (Å²) in [7, 11) is 0. The average Bonchev–Trinajstić information content (AvgIpc) is 2.04. The van der Waals surface area contributed by atoms with Crippen LogP contribution in [-0.4, -0.2) is 0 Å². The van der Waals surface area contributed by atoms with E-state index in [1.165, 1.54) is 12.0 Å². The summed E-state index contributed by atoms with van der Waals surface area (Å²) >= 11 is 0. The molecule has 1 unspecified atom stereocenters. The van der Waals surface area contributed by atoms with E-state index in [4.69, 9.17) is 0 Å². The maximum absolute atomic E-state index is 3.80. The first kappa shape index (κ1) is 7.59. The summed E-state index contributed by atoms with van der Waals surface area (Å²) in [6, 6.07) is 0. The highest BCUT2D eigenvalue weighted by atomic mass is 14.3. The van der Waals surface area contributed by atoms with Gasteiger partial charge in [-0.1, -0.05) is 39.5 Å². The van der Waals surface area contributed by atoms with E-state index in [9.17, 15) is 0 Å². The molecular formula is C10H16. The highest BCUT2D eigenvalue weighted by Gasteiger charge is 2.28. The molecule has 1 aliphatic carbocycles. The van der Waals surface area contributed by atoms with Crippen molar-refractivity contribution >= 4 is 0 Å². The summed E-state index contributed by atoms with van der Waals surface area (Å²) in [5.41, 5.74) is 1.79. The fourth-order valence-electron chi connectivity index (χ4n) is 1.86. The van der Waals surface area contributed by atoms with Gasteiger partial charge in [0, 0.05) is 0 Å². The molecule has 0 aromatic rings. The maximum atomic E-state index is 3.80. The van der Waals surface area contributed by atoms with Gasteiger partial charge in [-0.05, 0) is 23.3 Å². The van der Waals surface area contributed by atoms with Crippen LogP contribution in [0.1, 0.15) is 27.2 Å². The zero-order valence-electron chi connectivity index (χ0n) is 7.15. The largest absolute Gasteiger partial charge is 0.0988 e. The van der Waals surface area contributed by atoms with Crippen molar-refractivity contribution in [1.82, 2.24) is 0 Å². The summed E-state index contributed by atoms with van der Waals surface area (Å²) in [6.07, 6.45) is 5.59. The molecule has 0 aliphatic heterocycles. The van der Waals surface area contributed by atoms with Gasteiger partial charge in [-0.25, -0.2) is 0 Å². The van der Waals surface area contributed by atoms with Crippen molar-refractivity contribution in [3.63, 3.8) is 0 Å². The van der Waals surface area contributed by atoms with Gasteiger partial charge in [0.25, 0.3) is 0 Å². The third kappa shape index (κ3) is 1.16. The lowest BCUT2D eigenvalue weighted by molar-refractivity contribution is 0.409. The molecule has 0 aromatic heterocycles. The molecule has 0 aromatic carbocycles. The van der Waals surface area contributed by atoms with Gasteiger partial charge in [-0.2, -0.15) is 0 Å². The topological polar surface area (TPSA) is 0 Å². The van der Waals surface area contributed by atoms with E-state index >= 15 is 0 Å². The Hall–Kier alpha value is -0.520. The van der Waals surface area contributed by atoms with Gasteiger partial charge in [-0.3, -0.25) is 0 Å². The van der Waals surface area contributed by atoms with E-state index in [1.807, 2.05) is 6.08 Å². The van der Waals surface area contributed by atoms with Gasteiger partial charge in [0.15, 0.2) is 0 Å². The Morgan fingerprint density at radius 3 is 2.50 bits per heavy atom. The van der Waals surface area contributed by atoms with Gasteiger partial charge < -0.3 is 0 Å². The minimum Gasteiger partial charge on any atom is -0.0988 e. The molecule has 0 fully saturated rings. The Labute approximate surface area is 63.6 Å². The van der Waals surface area contributed by atoms with Crippen LogP contribution in [0, 0.1) is 11.3 Å². The van der Waals surface area contributed by atoms with Gasteiger partial charge in [0.2, 0.25) is 0 Å². The van der Waals surface area contributed by atoms with Gasteiger partial charge >= 0.3 is 0 Å². The highest BCUT2D eigenvalue weighted by molar-refractivity contribution is 5.28. The van der Waals surface area contributed by atoms with Crippen molar-refractivity contribution in [2.24, 2.45) is 11.3 Å². The zero-order chi connectivity index (χ0) is 7.78. The third-order valence-electron chi connectivity index (χ3n) is 2.30. The van der Waals surface area contributed by atoms with Gasteiger partial charge in [0.1, 0.15) is 0 Å². The number of hydrogen-bond donors (Lipinski definition) is 0. The van der Waals surface area contributed by atoms with Crippen molar-refractivity contribution in [3.8, 4) is 0 Å². The van der Waals surface area contributed by atoms with Crippen LogP contribution in [0.25, 0.3) is 0 Å². The number of hydrogen-bond acceptors (Lipinski definition) is 0. The van der Waals surface area contributed by atoms with Crippen LogP contribution >= 0.6 is 0 Å². The minimum absolute atomic E-state index is 0.376. The molecule has 56 valence electrons. The molecule has 0 amide bonds. The molecule has 0 nitrogen and oxygen atoms in total. The predicted molar refractivity (Wildman–Crippen MR) is 45.8 cm³/mol. The molecule has 0 spiro atoms. The van der Waals surface area contributed by atoms with E-state index in [2.05, 4.69) is 33.4 Å². The lowest BCUT2D eigenvalue weighted by Gasteiger charge is -2.20. The Bertz CT molecular complexity index is 172. The van der Waals surface area contributed by atoms with E-state index in [-0.39, 0.29) is 0 Å². The van der Waals surface area contributed by atoms with Crippen LogP contribution in [0.2, 0.25) is 0 Å². The molecule has 0 radical (unpaired) electrons. The van der Waals surface area contributed by atoms with Crippen LogP contribution in [0.15, 0.2) is 24.3 Å². The molecule has 10 heavy (non-hydrogen) atoms. The standard InChI is InChI=1S/C10H16/c1-5-9-6-8(2)7-10(9,3)4/h5-6,8H,1,7H2,2-4H3. The Kier molecular flexibility index (Phi) is 1.72. The fourth-order valence-corrected chi connectivity index (χ4v) is 1.86. The summed E-state index contributed by atoms with van der Waals surface area (Å²) in [5, 5.41) is 0. The first-order valence-corrected chi connectivity index (χ1v) is 3.91. The van der Waals surface area contributed by atoms with Crippen LogP contribution in [0.5, 0.6) is 0 Å². The van der Waals surface area contributed by atoms with Crippen molar-refractivity contribution in [2.45, 2.75) is 27.2 Å². The van der Waals surface area contributed by atoms with Crippen molar-refractivity contribution in [1.29, 1.82) is 0 Å². The van der Waals surface area contributed by atoms with Crippen LogP contribution < -0.4 is 0 Å². The molecular weight excluding hydrogens is 120 g/mol. The molecule has 0 heterocycles. The quantitative estimate of drug-likeness (QED) is 0.519. The molecule has 1 atom stereocenters. The summed E-state index contributed by atoms with van der Waals surface area (Å²) in [5.74, 6) is 0.739. The molecule has 0 bridgehead atoms. The van der Waals surface area contributed by atoms with E-state index in [0.717, 1.165) is 5.92 Å².